The van der Waals surface area contributed by atoms with Crippen LogP contribution in [-0.2, 0) is 11.2 Å². The molecule has 6 heteroatoms. The Kier molecular flexibility index (Phi) is 5.73. The summed E-state index contributed by atoms with van der Waals surface area (Å²) in [6.45, 7) is 4.21. The van der Waals surface area contributed by atoms with E-state index in [4.69, 9.17) is 5.73 Å². The fourth-order valence-electron chi connectivity index (χ4n) is 2.68. The van der Waals surface area contributed by atoms with Crippen molar-refractivity contribution in [3.63, 3.8) is 0 Å². The lowest BCUT2D eigenvalue weighted by Crippen LogP contribution is -2.34. The van der Waals surface area contributed by atoms with Crippen LogP contribution in [0.4, 0.5) is 0 Å². The molecular weight excluding hydrogens is 304 g/mol. The lowest BCUT2D eigenvalue weighted by Gasteiger charge is -2.27. The van der Waals surface area contributed by atoms with E-state index >= 15 is 0 Å². The third kappa shape index (κ3) is 4.44. The van der Waals surface area contributed by atoms with Crippen molar-refractivity contribution in [3.05, 3.63) is 53.3 Å². The fraction of sp³-hybridized carbons (Fsp3) is 0.389. The maximum atomic E-state index is 12.7. The average Bonchev–Trinajstić information content (AvgIpc) is 2.99. The molecule has 3 N–H and O–H groups in total. The Labute approximate surface area is 142 Å². The zero-order chi connectivity index (χ0) is 17.7. The number of amides is 2. The van der Waals surface area contributed by atoms with E-state index in [0.717, 1.165) is 17.7 Å². The molecule has 0 spiro atoms. The van der Waals surface area contributed by atoms with E-state index in [-0.39, 0.29) is 12.3 Å². The van der Waals surface area contributed by atoms with E-state index in [1.54, 1.807) is 13.1 Å². The summed E-state index contributed by atoms with van der Waals surface area (Å²) < 4.78 is 0. The van der Waals surface area contributed by atoms with Crippen LogP contribution < -0.4 is 5.73 Å². The number of hydrogen-bond acceptors (Lipinski definition) is 3. The molecule has 0 bridgehead atoms. The van der Waals surface area contributed by atoms with Crippen LogP contribution in [0, 0.1) is 5.92 Å². The molecule has 0 fully saturated rings. The van der Waals surface area contributed by atoms with Crippen molar-refractivity contribution in [1.29, 1.82) is 0 Å². The van der Waals surface area contributed by atoms with Crippen molar-refractivity contribution in [2.45, 2.75) is 32.7 Å². The van der Waals surface area contributed by atoms with Gasteiger partial charge >= 0.3 is 0 Å². The normalized spacial score (nSPS) is 12.2. The summed E-state index contributed by atoms with van der Waals surface area (Å²) in [5, 5.41) is 7.02. The molecule has 2 aromatic rings. The molecule has 0 aliphatic heterocycles. The highest BCUT2D eigenvalue weighted by molar-refractivity contribution is 5.93. The number of aromatic amines is 1. The molecule has 1 aromatic heterocycles. The van der Waals surface area contributed by atoms with E-state index in [0.29, 0.717) is 11.6 Å². The van der Waals surface area contributed by atoms with Crippen molar-refractivity contribution < 1.29 is 9.59 Å². The number of rotatable bonds is 7. The van der Waals surface area contributed by atoms with Gasteiger partial charge in [0, 0.05) is 12.7 Å². The van der Waals surface area contributed by atoms with Gasteiger partial charge in [0.1, 0.15) is 5.69 Å². The van der Waals surface area contributed by atoms with E-state index in [9.17, 15) is 9.59 Å². The van der Waals surface area contributed by atoms with E-state index < -0.39 is 11.9 Å². The van der Waals surface area contributed by atoms with Crippen LogP contribution in [0.5, 0.6) is 0 Å². The Hall–Kier alpha value is -2.63. The Bertz CT molecular complexity index is 694. The van der Waals surface area contributed by atoms with Crippen LogP contribution in [0.2, 0.25) is 0 Å². The van der Waals surface area contributed by atoms with Gasteiger partial charge in [-0.3, -0.25) is 14.7 Å². The molecule has 0 saturated carbocycles. The Morgan fingerprint density at radius 2 is 1.92 bits per heavy atom. The minimum Gasteiger partial charge on any atom is -0.370 e. The Morgan fingerprint density at radius 3 is 2.50 bits per heavy atom. The number of H-pyrrole nitrogens is 1. The SMILES string of the molecule is CC(C)Cc1cc(C(=O)N(C)[C@H](CC(N)=O)c2ccccc2)n[nH]1. The van der Waals surface area contributed by atoms with Crippen LogP contribution in [0.1, 0.15) is 48.1 Å². The number of primary amides is 1. The topological polar surface area (TPSA) is 92.1 Å². The number of hydrogen-bond donors (Lipinski definition) is 2. The predicted octanol–water partition coefficient (Wildman–Crippen LogP) is 2.30. The molecule has 0 saturated heterocycles. The third-order valence-corrected chi connectivity index (χ3v) is 3.84. The number of nitrogens with one attached hydrogen (secondary N) is 1. The van der Waals surface area contributed by atoms with Gasteiger partial charge in [-0.2, -0.15) is 5.10 Å². The third-order valence-electron chi connectivity index (χ3n) is 3.84. The second-order valence-corrected chi connectivity index (χ2v) is 6.39. The molecule has 128 valence electrons. The van der Waals surface area contributed by atoms with E-state index in [1.165, 1.54) is 4.90 Å². The maximum absolute atomic E-state index is 12.7. The summed E-state index contributed by atoms with van der Waals surface area (Å²) in [7, 11) is 1.67. The summed E-state index contributed by atoms with van der Waals surface area (Å²) >= 11 is 0. The summed E-state index contributed by atoms with van der Waals surface area (Å²) in [5.41, 5.74) is 7.50. The summed E-state index contributed by atoms with van der Waals surface area (Å²) in [6, 6.07) is 10.7. The van der Waals surface area contributed by atoms with Crippen molar-refractivity contribution in [3.8, 4) is 0 Å². The minimum atomic E-state index is -0.453. The lowest BCUT2D eigenvalue weighted by molar-refractivity contribution is -0.119. The number of carbonyl (C=O) groups is 2. The van der Waals surface area contributed by atoms with Gasteiger partial charge in [0.15, 0.2) is 0 Å². The van der Waals surface area contributed by atoms with Crippen molar-refractivity contribution in [2.75, 3.05) is 7.05 Å². The second-order valence-electron chi connectivity index (χ2n) is 6.39. The van der Waals surface area contributed by atoms with Gasteiger partial charge in [-0.05, 0) is 24.0 Å². The molecule has 1 atom stereocenters. The van der Waals surface area contributed by atoms with Gasteiger partial charge in [-0.25, -0.2) is 0 Å². The lowest BCUT2D eigenvalue weighted by atomic mass is 10.0. The predicted molar refractivity (Wildman–Crippen MR) is 92.2 cm³/mol. The first kappa shape index (κ1) is 17.7. The molecule has 2 rings (SSSR count). The molecule has 24 heavy (non-hydrogen) atoms. The molecule has 0 aliphatic carbocycles. The van der Waals surface area contributed by atoms with Crippen LogP contribution >= 0.6 is 0 Å². The number of aromatic nitrogens is 2. The monoisotopic (exact) mass is 328 g/mol. The van der Waals surface area contributed by atoms with Gasteiger partial charge < -0.3 is 10.6 Å². The first-order valence-electron chi connectivity index (χ1n) is 8.03. The summed E-state index contributed by atoms with van der Waals surface area (Å²) in [4.78, 5) is 25.7. The highest BCUT2D eigenvalue weighted by atomic mass is 16.2. The fourth-order valence-corrected chi connectivity index (χ4v) is 2.68. The smallest absolute Gasteiger partial charge is 0.274 e. The van der Waals surface area contributed by atoms with Crippen molar-refractivity contribution in [1.82, 2.24) is 15.1 Å². The van der Waals surface area contributed by atoms with Crippen molar-refractivity contribution >= 4 is 11.8 Å². The molecule has 1 heterocycles. The molecule has 6 nitrogen and oxygen atoms in total. The number of benzene rings is 1. The average molecular weight is 328 g/mol. The largest absolute Gasteiger partial charge is 0.370 e. The first-order chi connectivity index (χ1) is 11.4. The number of nitrogens with zero attached hydrogens (tertiary/aromatic N) is 2. The number of carbonyl (C=O) groups excluding carboxylic acids is 2. The standard InChI is InChI=1S/C18H24N4O2/c1-12(2)9-14-10-15(21-20-14)18(24)22(3)16(11-17(19)23)13-7-5-4-6-8-13/h4-8,10,12,16H,9,11H2,1-3H3,(H2,19,23)(H,20,21)/t16-/m1/s1. The minimum absolute atomic E-state index is 0.0650. The first-order valence-corrected chi connectivity index (χ1v) is 8.03. The van der Waals surface area contributed by atoms with E-state index in [1.807, 2.05) is 30.3 Å². The highest BCUT2D eigenvalue weighted by Crippen LogP contribution is 2.24. The molecule has 2 amide bonds. The second kappa shape index (κ2) is 7.77. The maximum Gasteiger partial charge on any atom is 0.274 e. The van der Waals surface area contributed by atoms with Gasteiger partial charge in [-0.15, -0.1) is 0 Å². The van der Waals surface area contributed by atoms with Crippen molar-refractivity contribution in [2.24, 2.45) is 11.7 Å². The quantitative estimate of drug-likeness (QED) is 0.817. The van der Waals surface area contributed by atoms with Crippen LogP contribution in [0.15, 0.2) is 36.4 Å². The molecule has 1 aromatic carbocycles. The van der Waals surface area contributed by atoms with Crippen LogP contribution in [0.25, 0.3) is 0 Å². The summed E-state index contributed by atoms with van der Waals surface area (Å²) in [6.07, 6.45) is 0.892. The van der Waals surface area contributed by atoms with Gasteiger partial charge in [0.25, 0.3) is 5.91 Å². The molecule has 0 unspecified atom stereocenters. The summed E-state index contributed by atoms with van der Waals surface area (Å²) in [5.74, 6) is -0.222. The van der Waals surface area contributed by atoms with Gasteiger partial charge in [0.2, 0.25) is 5.91 Å². The zero-order valence-corrected chi connectivity index (χ0v) is 14.3. The Balaban J connectivity index is 2.22. The van der Waals surface area contributed by atoms with Gasteiger partial charge in [0.05, 0.1) is 12.5 Å². The molecule has 0 radical (unpaired) electrons. The van der Waals surface area contributed by atoms with Crippen LogP contribution in [-0.4, -0.2) is 34.0 Å². The van der Waals surface area contributed by atoms with Gasteiger partial charge in [-0.1, -0.05) is 44.2 Å². The zero-order valence-electron chi connectivity index (χ0n) is 14.3. The highest BCUT2D eigenvalue weighted by Gasteiger charge is 2.26. The Morgan fingerprint density at radius 1 is 1.25 bits per heavy atom. The van der Waals surface area contributed by atoms with E-state index in [2.05, 4.69) is 24.0 Å². The number of nitrogens with two attached hydrogens (primary N) is 1. The molecular formula is C18H24N4O2. The molecule has 0 aliphatic rings. The van der Waals surface area contributed by atoms with Crippen LogP contribution in [0.3, 0.4) is 0 Å².